The van der Waals surface area contributed by atoms with Crippen molar-refractivity contribution in [3.63, 3.8) is 0 Å². The number of amides is 2. The molecule has 0 fully saturated rings. The van der Waals surface area contributed by atoms with Crippen LogP contribution in [0.2, 0.25) is 0 Å². The average Bonchev–Trinajstić information content (AvgIpc) is 2.61. The van der Waals surface area contributed by atoms with E-state index in [1.165, 1.54) is 0 Å². The minimum atomic E-state index is -0.169. The zero-order chi connectivity index (χ0) is 16.5. The Balaban J connectivity index is 2.01. The SMILES string of the molecule is CCC[C@@H](NC(=O)N[C@H](CC)c1ccncc1)c1ccccn1. The zero-order valence-electron chi connectivity index (χ0n) is 13.7. The largest absolute Gasteiger partial charge is 0.331 e. The van der Waals surface area contributed by atoms with Crippen LogP contribution in [0, 0.1) is 0 Å². The molecule has 2 N–H and O–H groups in total. The van der Waals surface area contributed by atoms with Gasteiger partial charge in [0.2, 0.25) is 0 Å². The van der Waals surface area contributed by atoms with E-state index in [0.29, 0.717) is 0 Å². The van der Waals surface area contributed by atoms with Gasteiger partial charge in [-0.05, 0) is 42.7 Å². The molecule has 2 aromatic rings. The number of nitrogens with zero attached hydrogens (tertiary/aromatic N) is 2. The second-order valence-corrected chi connectivity index (χ2v) is 5.46. The molecule has 2 atom stereocenters. The summed E-state index contributed by atoms with van der Waals surface area (Å²) in [6.45, 7) is 4.15. The fraction of sp³-hybridized carbons (Fsp3) is 0.389. The van der Waals surface area contributed by atoms with E-state index in [0.717, 1.165) is 30.5 Å². The third kappa shape index (κ3) is 5.06. The van der Waals surface area contributed by atoms with Crippen molar-refractivity contribution in [2.75, 3.05) is 0 Å². The zero-order valence-corrected chi connectivity index (χ0v) is 13.7. The molecule has 0 saturated heterocycles. The molecule has 5 heteroatoms. The molecule has 0 unspecified atom stereocenters. The Morgan fingerprint density at radius 3 is 2.39 bits per heavy atom. The van der Waals surface area contributed by atoms with Crippen molar-refractivity contribution < 1.29 is 4.79 Å². The maximum Gasteiger partial charge on any atom is 0.315 e. The Hall–Kier alpha value is -2.43. The quantitative estimate of drug-likeness (QED) is 0.818. The smallest absolute Gasteiger partial charge is 0.315 e. The van der Waals surface area contributed by atoms with Gasteiger partial charge in [-0.25, -0.2) is 4.79 Å². The Morgan fingerprint density at radius 1 is 1.04 bits per heavy atom. The van der Waals surface area contributed by atoms with Crippen LogP contribution in [-0.4, -0.2) is 16.0 Å². The van der Waals surface area contributed by atoms with E-state index in [-0.39, 0.29) is 18.1 Å². The third-order valence-corrected chi connectivity index (χ3v) is 3.75. The van der Waals surface area contributed by atoms with E-state index in [2.05, 4.69) is 27.5 Å². The van der Waals surface area contributed by atoms with Gasteiger partial charge >= 0.3 is 6.03 Å². The number of hydrogen-bond acceptors (Lipinski definition) is 3. The van der Waals surface area contributed by atoms with Crippen molar-refractivity contribution in [1.82, 2.24) is 20.6 Å². The molecule has 0 radical (unpaired) electrons. The van der Waals surface area contributed by atoms with Crippen LogP contribution in [0.1, 0.15) is 56.5 Å². The minimum absolute atomic E-state index is 0.0241. The summed E-state index contributed by atoms with van der Waals surface area (Å²) in [5, 5.41) is 6.08. The van der Waals surface area contributed by atoms with E-state index in [9.17, 15) is 4.79 Å². The Labute approximate surface area is 137 Å². The van der Waals surface area contributed by atoms with Gasteiger partial charge in [-0.2, -0.15) is 0 Å². The van der Waals surface area contributed by atoms with Gasteiger partial charge in [0.05, 0.1) is 17.8 Å². The highest BCUT2D eigenvalue weighted by Crippen LogP contribution is 2.18. The van der Waals surface area contributed by atoms with Crippen LogP contribution in [0.15, 0.2) is 48.9 Å². The lowest BCUT2D eigenvalue weighted by atomic mass is 10.1. The van der Waals surface area contributed by atoms with Crippen LogP contribution >= 0.6 is 0 Å². The van der Waals surface area contributed by atoms with Crippen LogP contribution < -0.4 is 10.6 Å². The molecular formula is C18H24N4O. The first kappa shape index (κ1) is 16.9. The predicted octanol–water partition coefficient (Wildman–Crippen LogP) is 3.77. The molecule has 2 amide bonds. The number of carbonyl (C=O) groups is 1. The summed E-state index contributed by atoms with van der Waals surface area (Å²) in [5.41, 5.74) is 1.95. The second kappa shape index (κ2) is 8.88. The molecule has 122 valence electrons. The van der Waals surface area contributed by atoms with Gasteiger partial charge < -0.3 is 10.6 Å². The first-order valence-corrected chi connectivity index (χ1v) is 8.12. The minimum Gasteiger partial charge on any atom is -0.331 e. The summed E-state index contributed by atoms with van der Waals surface area (Å²) in [4.78, 5) is 20.8. The highest BCUT2D eigenvalue weighted by Gasteiger charge is 2.17. The van der Waals surface area contributed by atoms with Crippen molar-refractivity contribution in [2.24, 2.45) is 0 Å². The molecule has 2 heterocycles. The van der Waals surface area contributed by atoms with Gasteiger partial charge in [-0.1, -0.05) is 26.3 Å². The molecular weight excluding hydrogens is 288 g/mol. The van der Waals surface area contributed by atoms with Crippen LogP contribution in [-0.2, 0) is 0 Å². The highest BCUT2D eigenvalue weighted by atomic mass is 16.2. The molecule has 2 aromatic heterocycles. The van der Waals surface area contributed by atoms with Gasteiger partial charge in [-0.3, -0.25) is 9.97 Å². The number of aromatic nitrogens is 2. The predicted molar refractivity (Wildman–Crippen MR) is 90.8 cm³/mol. The summed E-state index contributed by atoms with van der Waals surface area (Å²) < 4.78 is 0. The van der Waals surface area contributed by atoms with Crippen molar-refractivity contribution in [2.45, 2.75) is 45.2 Å². The number of hydrogen-bond donors (Lipinski definition) is 2. The normalized spacial score (nSPS) is 13.1. The molecule has 23 heavy (non-hydrogen) atoms. The Bertz CT molecular complexity index is 588. The standard InChI is InChI=1S/C18H24N4O/c1-3-7-17(16-8-5-6-11-20-16)22-18(23)21-15(4-2)14-9-12-19-13-10-14/h5-6,8-13,15,17H,3-4,7H2,1-2H3,(H2,21,22,23)/t15-,17-/m1/s1. The summed E-state index contributed by atoms with van der Waals surface area (Å²) in [6, 6.07) is 9.35. The lowest BCUT2D eigenvalue weighted by molar-refractivity contribution is 0.231. The molecule has 0 saturated carbocycles. The highest BCUT2D eigenvalue weighted by molar-refractivity contribution is 5.75. The van der Waals surface area contributed by atoms with Crippen LogP contribution in [0.5, 0.6) is 0 Å². The summed E-state index contributed by atoms with van der Waals surface area (Å²) in [6.07, 6.45) is 7.89. The molecule has 0 aliphatic heterocycles. The summed E-state index contributed by atoms with van der Waals surface area (Å²) in [5.74, 6) is 0. The van der Waals surface area contributed by atoms with E-state index >= 15 is 0 Å². The van der Waals surface area contributed by atoms with Gasteiger partial charge in [0.1, 0.15) is 0 Å². The summed E-state index contributed by atoms with van der Waals surface area (Å²) in [7, 11) is 0. The number of urea groups is 1. The molecule has 0 spiro atoms. The lowest BCUT2D eigenvalue weighted by Crippen LogP contribution is -2.40. The molecule has 0 aliphatic rings. The van der Waals surface area contributed by atoms with Gasteiger partial charge in [-0.15, -0.1) is 0 Å². The fourth-order valence-electron chi connectivity index (χ4n) is 2.54. The van der Waals surface area contributed by atoms with Crippen molar-refractivity contribution in [1.29, 1.82) is 0 Å². The molecule has 0 bridgehead atoms. The van der Waals surface area contributed by atoms with Crippen LogP contribution in [0.3, 0.4) is 0 Å². The van der Waals surface area contributed by atoms with Gasteiger partial charge in [0, 0.05) is 18.6 Å². The molecule has 0 aliphatic carbocycles. The molecule has 0 aromatic carbocycles. The maximum absolute atomic E-state index is 12.4. The maximum atomic E-state index is 12.4. The first-order chi connectivity index (χ1) is 11.2. The van der Waals surface area contributed by atoms with E-state index < -0.39 is 0 Å². The number of pyridine rings is 2. The average molecular weight is 312 g/mol. The lowest BCUT2D eigenvalue weighted by Gasteiger charge is -2.22. The topological polar surface area (TPSA) is 66.9 Å². The van der Waals surface area contributed by atoms with E-state index in [4.69, 9.17) is 0 Å². The van der Waals surface area contributed by atoms with Crippen molar-refractivity contribution >= 4 is 6.03 Å². The monoisotopic (exact) mass is 312 g/mol. The van der Waals surface area contributed by atoms with E-state index in [1.54, 1.807) is 18.6 Å². The Kier molecular flexibility index (Phi) is 6.54. The van der Waals surface area contributed by atoms with Crippen LogP contribution in [0.25, 0.3) is 0 Å². The number of carbonyl (C=O) groups excluding carboxylic acids is 1. The second-order valence-electron chi connectivity index (χ2n) is 5.46. The van der Waals surface area contributed by atoms with Crippen molar-refractivity contribution in [3.8, 4) is 0 Å². The first-order valence-electron chi connectivity index (χ1n) is 8.12. The number of nitrogens with one attached hydrogen (secondary N) is 2. The molecule has 5 nitrogen and oxygen atoms in total. The third-order valence-electron chi connectivity index (χ3n) is 3.75. The van der Waals surface area contributed by atoms with E-state index in [1.807, 2.05) is 37.3 Å². The van der Waals surface area contributed by atoms with Gasteiger partial charge in [0.15, 0.2) is 0 Å². The van der Waals surface area contributed by atoms with Crippen molar-refractivity contribution in [3.05, 3.63) is 60.2 Å². The van der Waals surface area contributed by atoms with Crippen LogP contribution in [0.4, 0.5) is 4.79 Å². The number of rotatable bonds is 7. The van der Waals surface area contributed by atoms with Gasteiger partial charge in [0.25, 0.3) is 0 Å². The Morgan fingerprint density at radius 2 is 1.78 bits per heavy atom. The summed E-state index contributed by atoms with van der Waals surface area (Å²) >= 11 is 0. The fourth-order valence-corrected chi connectivity index (χ4v) is 2.54. The molecule has 2 rings (SSSR count).